The molecule has 0 unspecified atom stereocenters. The van der Waals surface area contributed by atoms with Gasteiger partial charge < -0.3 is 19.7 Å². The number of guanidine groups is 1. The van der Waals surface area contributed by atoms with Crippen molar-refractivity contribution in [2.24, 2.45) is 12.0 Å². The second kappa shape index (κ2) is 10.7. The van der Waals surface area contributed by atoms with E-state index in [1.807, 2.05) is 44.6 Å². The largest absolute Gasteiger partial charge is 0.352 e. The van der Waals surface area contributed by atoms with E-state index in [2.05, 4.69) is 41.8 Å². The molecule has 148 valence electrons. The SMILES string of the molecule is CN=C(NCc1ccc(C(=O)N(C)C)cc1)N(C)Cc1cc(Br)cn1C.I. The zero-order valence-corrected chi connectivity index (χ0v) is 20.3. The molecule has 2 aromatic rings. The van der Waals surface area contributed by atoms with Crippen molar-refractivity contribution in [2.75, 3.05) is 28.2 Å². The lowest BCUT2D eigenvalue weighted by Crippen LogP contribution is -2.38. The Labute approximate surface area is 186 Å². The molecule has 0 radical (unpaired) electrons. The molecule has 27 heavy (non-hydrogen) atoms. The maximum Gasteiger partial charge on any atom is 0.253 e. The number of rotatable bonds is 5. The molecule has 0 saturated heterocycles. The van der Waals surface area contributed by atoms with Crippen LogP contribution >= 0.6 is 39.9 Å². The summed E-state index contributed by atoms with van der Waals surface area (Å²) in [5.74, 6) is 0.824. The van der Waals surface area contributed by atoms with Gasteiger partial charge in [0.1, 0.15) is 0 Å². The van der Waals surface area contributed by atoms with Crippen molar-refractivity contribution in [3.8, 4) is 0 Å². The molecule has 0 spiro atoms. The summed E-state index contributed by atoms with van der Waals surface area (Å²) >= 11 is 3.50. The smallest absolute Gasteiger partial charge is 0.253 e. The lowest BCUT2D eigenvalue weighted by atomic mass is 10.1. The molecule has 0 aliphatic heterocycles. The lowest BCUT2D eigenvalue weighted by Gasteiger charge is -2.22. The summed E-state index contributed by atoms with van der Waals surface area (Å²) in [6.07, 6.45) is 2.04. The Kier molecular flexibility index (Phi) is 9.31. The van der Waals surface area contributed by atoms with Gasteiger partial charge in [-0.1, -0.05) is 12.1 Å². The van der Waals surface area contributed by atoms with Crippen LogP contribution < -0.4 is 5.32 Å². The van der Waals surface area contributed by atoms with Crippen LogP contribution in [0.1, 0.15) is 21.6 Å². The molecule has 0 aliphatic rings. The van der Waals surface area contributed by atoms with Gasteiger partial charge in [0.2, 0.25) is 0 Å². The Morgan fingerprint density at radius 3 is 2.33 bits per heavy atom. The molecule has 1 N–H and O–H groups in total. The van der Waals surface area contributed by atoms with Crippen LogP contribution in [0.25, 0.3) is 0 Å². The molecule has 0 aliphatic carbocycles. The van der Waals surface area contributed by atoms with E-state index in [0.29, 0.717) is 12.1 Å². The molecule has 0 bridgehead atoms. The van der Waals surface area contributed by atoms with Crippen LogP contribution in [-0.2, 0) is 20.1 Å². The van der Waals surface area contributed by atoms with Crippen molar-refractivity contribution in [2.45, 2.75) is 13.1 Å². The lowest BCUT2D eigenvalue weighted by molar-refractivity contribution is 0.0827. The quantitative estimate of drug-likeness (QED) is 0.355. The van der Waals surface area contributed by atoms with Gasteiger partial charge in [-0.2, -0.15) is 0 Å². The van der Waals surface area contributed by atoms with Crippen molar-refractivity contribution >= 4 is 51.8 Å². The zero-order valence-electron chi connectivity index (χ0n) is 16.4. The number of hydrogen-bond acceptors (Lipinski definition) is 2. The number of carbonyl (C=O) groups is 1. The number of amides is 1. The predicted molar refractivity (Wildman–Crippen MR) is 125 cm³/mol. The summed E-state index contributed by atoms with van der Waals surface area (Å²) in [6, 6.07) is 9.74. The third kappa shape index (κ3) is 6.53. The van der Waals surface area contributed by atoms with Crippen LogP contribution in [0, 0.1) is 0 Å². The van der Waals surface area contributed by atoms with Crippen LogP contribution in [0.5, 0.6) is 0 Å². The predicted octanol–water partition coefficient (Wildman–Crippen LogP) is 3.31. The van der Waals surface area contributed by atoms with Crippen molar-refractivity contribution in [1.29, 1.82) is 0 Å². The summed E-state index contributed by atoms with van der Waals surface area (Å²) in [6.45, 7) is 1.39. The minimum Gasteiger partial charge on any atom is -0.352 e. The molecule has 8 heteroatoms. The van der Waals surface area contributed by atoms with E-state index in [4.69, 9.17) is 0 Å². The second-order valence-corrected chi connectivity index (χ2v) is 7.33. The van der Waals surface area contributed by atoms with E-state index in [9.17, 15) is 4.79 Å². The van der Waals surface area contributed by atoms with Gasteiger partial charge in [-0.3, -0.25) is 9.79 Å². The fraction of sp³-hybridized carbons (Fsp3) is 0.368. The highest BCUT2D eigenvalue weighted by molar-refractivity contribution is 14.0. The minimum atomic E-state index is 0. The fourth-order valence-electron chi connectivity index (χ4n) is 2.63. The monoisotopic (exact) mass is 547 g/mol. The normalized spacial score (nSPS) is 11.0. The number of hydrogen-bond donors (Lipinski definition) is 1. The molecule has 1 aromatic heterocycles. The van der Waals surface area contributed by atoms with E-state index < -0.39 is 0 Å². The first kappa shape index (κ1) is 23.5. The van der Waals surface area contributed by atoms with Crippen LogP contribution in [0.15, 0.2) is 46.0 Å². The molecule has 6 nitrogen and oxygen atoms in total. The zero-order chi connectivity index (χ0) is 19.3. The summed E-state index contributed by atoms with van der Waals surface area (Å²) in [5, 5.41) is 3.36. The highest BCUT2D eigenvalue weighted by Gasteiger charge is 2.10. The summed E-state index contributed by atoms with van der Waals surface area (Å²) < 4.78 is 3.16. The minimum absolute atomic E-state index is 0. The maximum absolute atomic E-state index is 11.9. The molecule has 2 rings (SSSR count). The molecular weight excluding hydrogens is 521 g/mol. The molecular formula is C19H27BrIN5O. The third-order valence-corrected chi connectivity index (χ3v) is 4.54. The van der Waals surface area contributed by atoms with E-state index >= 15 is 0 Å². The molecule has 0 saturated carbocycles. The first-order valence-corrected chi connectivity index (χ1v) is 9.14. The number of aliphatic imine (C=N–C) groups is 1. The number of halogens is 2. The number of carbonyl (C=O) groups excluding carboxylic acids is 1. The standard InChI is InChI=1S/C19H26BrN5O.HI/c1-21-19(25(5)13-17-10-16(20)12-24(17)4)22-11-14-6-8-15(9-7-14)18(26)23(2)3;/h6-10,12H,11,13H2,1-5H3,(H,21,22);1H. The van der Waals surface area contributed by atoms with Crippen LogP contribution in [0.4, 0.5) is 0 Å². The van der Waals surface area contributed by atoms with Gasteiger partial charge in [0.25, 0.3) is 5.91 Å². The van der Waals surface area contributed by atoms with Crippen molar-refractivity contribution < 1.29 is 4.79 Å². The average molecular weight is 548 g/mol. The number of aryl methyl sites for hydroxylation is 1. The van der Waals surface area contributed by atoms with Crippen LogP contribution in [0.3, 0.4) is 0 Å². The van der Waals surface area contributed by atoms with Crippen molar-refractivity contribution in [3.05, 3.63) is 57.8 Å². The van der Waals surface area contributed by atoms with Gasteiger partial charge in [-0.15, -0.1) is 24.0 Å². The maximum atomic E-state index is 11.9. The molecule has 0 atom stereocenters. The van der Waals surface area contributed by atoms with Gasteiger partial charge in [-0.05, 0) is 39.7 Å². The number of nitrogens with zero attached hydrogens (tertiary/aromatic N) is 4. The number of nitrogens with one attached hydrogen (secondary N) is 1. The van der Waals surface area contributed by atoms with E-state index in [-0.39, 0.29) is 29.9 Å². The van der Waals surface area contributed by atoms with E-state index in [0.717, 1.165) is 22.5 Å². The fourth-order valence-corrected chi connectivity index (χ4v) is 3.20. The van der Waals surface area contributed by atoms with Gasteiger partial charge in [0.05, 0.1) is 6.54 Å². The van der Waals surface area contributed by atoms with Crippen LogP contribution in [-0.4, -0.2) is 54.4 Å². The van der Waals surface area contributed by atoms with Crippen molar-refractivity contribution in [3.63, 3.8) is 0 Å². The Balaban J connectivity index is 0.00000364. The highest BCUT2D eigenvalue weighted by atomic mass is 127. The molecule has 1 aromatic carbocycles. The van der Waals surface area contributed by atoms with Gasteiger partial charge in [0, 0.05) is 63.7 Å². The van der Waals surface area contributed by atoms with Gasteiger partial charge in [0.15, 0.2) is 5.96 Å². The van der Waals surface area contributed by atoms with Crippen LogP contribution in [0.2, 0.25) is 0 Å². The molecule has 1 amide bonds. The summed E-state index contributed by atoms with van der Waals surface area (Å²) in [4.78, 5) is 19.9. The van der Waals surface area contributed by atoms with E-state index in [1.54, 1.807) is 26.0 Å². The van der Waals surface area contributed by atoms with Gasteiger partial charge in [-0.25, -0.2) is 0 Å². The topological polar surface area (TPSA) is 52.9 Å². The van der Waals surface area contributed by atoms with E-state index in [1.165, 1.54) is 5.69 Å². The Bertz CT molecular complexity index is 786. The third-order valence-electron chi connectivity index (χ3n) is 4.10. The number of aromatic nitrogens is 1. The van der Waals surface area contributed by atoms with Gasteiger partial charge >= 0.3 is 0 Å². The molecule has 0 fully saturated rings. The van der Waals surface area contributed by atoms with Crippen molar-refractivity contribution in [1.82, 2.24) is 19.7 Å². The average Bonchev–Trinajstić information content (AvgIpc) is 2.92. The first-order valence-electron chi connectivity index (χ1n) is 8.35. The highest BCUT2D eigenvalue weighted by Crippen LogP contribution is 2.15. The number of benzene rings is 1. The summed E-state index contributed by atoms with van der Waals surface area (Å²) in [5.41, 5.74) is 2.97. The summed E-state index contributed by atoms with van der Waals surface area (Å²) in [7, 11) is 9.32. The molecule has 1 heterocycles. The second-order valence-electron chi connectivity index (χ2n) is 6.41. The Morgan fingerprint density at radius 2 is 1.85 bits per heavy atom. The Morgan fingerprint density at radius 1 is 1.22 bits per heavy atom. The first-order chi connectivity index (χ1) is 12.3. The Hall–Kier alpha value is -1.55.